The molecule has 2 aromatic carbocycles. The molecular formula is C23H31ClN2O3. The highest BCUT2D eigenvalue weighted by atomic mass is 35.5. The highest BCUT2D eigenvalue weighted by Crippen LogP contribution is 2.41. The van der Waals surface area contributed by atoms with Crippen LogP contribution in [-0.2, 0) is 11.2 Å². The van der Waals surface area contributed by atoms with Gasteiger partial charge in [0.1, 0.15) is 11.5 Å². The maximum atomic E-state index is 13.5. The average molecular weight is 419 g/mol. The highest BCUT2D eigenvalue weighted by Gasteiger charge is 2.36. The number of ether oxygens (including phenoxy) is 2. The zero-order chi connectivity index (χ0) is 20.3. The Morgan fingerprint density at radius 1 is 1.07 bits per heavy atom. The van der Waals surface area contributed by atoms with E-state index >= 15 is 0 Å². The molecule has 0 aliphatic carbocycles. The molecule has 5 nitrogen and oxygen atoms in total. The molecule has 0 unspecified atom stereocenters. The number of hydrogen-bond acceptors (Lipinski definition) is 4. The molecule has 3 rings (SSSR count). The van der Waals surface area contributed by atoms with Crippen molar-refractivity contribution in [1.82, 2.24) is 4.90 Å². The zero-order valence-electron chi connectivity index (χ0n) is 17.8. The van der Waals surface area contributed by atoms with Crippen LogP contribution in [0.15, 0.2) is 42.5 Å². The molecule has 0 saturated carbocycles. The van der Waals surface area contributed by atoms with Crippen LogP contribution in [0.3, 0.4) is 0 Å². The van der Waals surface area contributed by atoms with E-state index in [-0.39, 0.29) is 30.2 Å². The molecule has 0 radical (unpaired) electrons. The lowest BCUT2D eigenvalue weighted by Gasteiger charge is -2.27. The van der Waals surface area contributed by atoms with E-state index in [0.29, 0.717) is 6.54 Å². The Morgan fingerprint density at radius 3 is 2.34 bits per heavy atom. The van der Waals surface area contributed by atoms with Crippen LogP contribution < -0.4 is 14.4 Å². The summed E-state index contributed by atoms with van der Waals surface area (Å²) >= 11 is 0. The molecule has 1 aliphatic rings. The molecule has 1 heterocycles. The summed E-state index contributed by atoms with van der Waals surface area (Å²) in [5.41, 5.74) is 3.21. The first kappa shape index (κ1) is 23.0. The van der Waals surface area contributed by atoms with E-state index in [0.717, 1.165) is 41.3 Å². The van der Waals surface area contributed by atoms with Crippen molar-refractivity contribution in [2.24, 2.45) is 5.92 Å². The molecule has 2 aromatic rings. The summed E-state index contributed by atoms with van der Waals surface area (Å²) in [4.78, 5) is 17.5. The number of halogens is 1. The number of fused-ring (bicyclic) bond motifs is 1. The van der Waals surface area contributed by atoms with Gasteiger partial charge in [-0.05, 0) is 56.3 Å². The molecule has 0 aromatic heterocycles. The fourth-order valence-corrected chi connectivity index (χ4v) is 3.92. The number of anilines is 1. The van der Waals surface area contributed by atoms with Crippen LogP contribution in [0, 0.1) is 5.92 Å². The first-order valence-electron chi connectivity index (χ1n) is 9.72. The maximum Gasteiger partial charge on any atom is 0.230 e. The van der Waals surface area contributed by atoms with Gasteiger partial charge in [-0.1, -0.05) is 25.1 Å². The predicted molar refractivity (Wildman–Crippen MR) is 120 cm³/mol. The van der Waals surface area contributed by atoms with Gasteiger partial charge in [-0.25, -0.2) is 0 Å². The molecule has 6 heteroatoms. The minimum atomic E-state index is -0.132. The van der Waals surface area contributed by atoms with Crippen LogP contribution in [0.5, 0.6) is 11.5 Å². The Bertz CT molecular complexity index is 823. The summed E-state index contributed by atoms with van der Waals surface area (Å²) in [7, 11) is 7.41. The van der Waals surface area contributed by atoms with Gasteiger partial charge >= 0.3 is 0 Å². The fraction of sp³-hybridized carbons (Fsp3) is 0.435. The Kier molecular flexibility index (Phi) is 7.94. The fourth-order valence-electron chi connectivity index (χ4n) is 3.92. The van der Waals surface area contributed by atoms with Gasteiger partial charge in [0, 0.05) is 24.6 Å². The van der Waals surface area contributed by atoms with Crippen molar-refractivity contribution in [3.05, 3.63) is 53.6 Å². The van der Waals surface area contributed by atoms with Gasteiger partial charge in [0.2, 0.25) is 5.91 Å². The third-order valence-corrected chi connectivity index (χ3v) is 5.62. The minimum Gasteiger partial charge on any atom is -0.497 e. The van der Waals surface area contributed by atoms with Crippen molar-refractivity contribution in [1.29, 1.82) is 0 Å². The van der Waals surface area contributed by atoms with Gasteiger partial charge < -0.3 is 19.3 Å². The monoisotopic (exact) mass is 418 g/mol. The van der Waals surface area contributed by atoms with Crippen LogP contribution >= 0.6 is 12.4 Å². The third-order valence-electron chi connectivity index (χ3n) is 5.62. The first-order valence-corrected chi connectivity index (χ1v) is 9.72. The predicted octanol–water partition coefficient (Wildman–Crippen LogP) is 4.00. The Labute approximate surface area is 180 Å². The van der Waals surface area contributed by atoms with Crippen molar-refractivity contribution in [2.75, 3.05) is 46.3 Å². The largest absolute Gasteiger partial charge is 0.497 e. The van der Waals surface area contributed by atoms with Gasteiger partial charge in [0.15, 0.2) is 0 Å². The summed E-state index contributed by atoms with van der Waals surface area (Å²) in [6.45, 7) is 3.51. The van der Waals surface area contributed by atoms with E-state index in [1.54, 1.807) is 14.2 Å². The summed E-state index contributed by atoms with van der Waals surface area (Å²) in [6.07, 6.45) is 0.761. The number of benzene rings is 2. The molecule has 0 saturated heterocycles. The lowest BCUT2D eigenvalue weighted by atomic mass is 9.82. The van der Waals surface area contributed by atoms with E-state index in [1.165, 1.54) is 0 Å². The first-order chi connectivity index (χ1) is 13.5. The Balaban J connectivity index is 0.00000300. The summed E-state index contributed by atoms with van der Waals surface area (Å²) in [5.74, 6) is 1.77. The molecule has 0 spiro atoms. The van der Waals surface area contributed by atoms with Crippen LogP contribution in [0.25, 0.3) is 0 Å². The average Bonchev–Trinajstić information content (AvgIpc) is 2.81. The van der Waals surface area contributed by atoms with Crippen molar-refractivity contribution in [3.8, 4) is 11.5 Å². The number of amides is 1. The zero-order valence-corrected chi connectivity index (χ0v) is 18.7. The number of carbonyl (C=O) groups excluding carboxylic acids is 1. The molecule has 0 bridgehead atoms. The van der Waals surface area contributed by atoms with Crippen molar-refractivity contribution in [3.63, 3.8) is 0 Å². The summed E-state index contributed by atoms with van der Waals surface area (Å²) < 4.78 is 11.0. The number of nitrogens with zero attached hydrogens (tertiary/aromatic N) is 2. The Hall–Kier alpha value is -2.24. The SMILES string of the molecule is COc1ccc([C@@H]2Cc3c(OC)cccc3N(CCN(C)C)C(=O)[C@@H]2C)cc1.Cl. The number of likely N-dealkylation sites (N-methyl/N-ethyl adjacent to an activating group) is 1. The standard InChI is InChI=1S/C23H30N2O3.ClH/c1-16-19(17-9-11-18(27-4)12-10-17)15-20-21(7-6-8-22(20)28-5)25(23(16)26)14-13-24(2)3;/h6-12,16,19H,13-15H2,1-5H3;1H/t16-,19-;/m1./s1. The van der Waals surface area contributed by atoms with Gasteiger partial charge in [0.25, 0.3) is 0 Å². The van der Waals surface area contributed by atoms with E-state index in [4.69, 9.17) is 9.47 Å². The molecule has 158 valence electrons. The van der Waals surface area contributed by atoms with Crippen LogP contribution in [0.4, 0.5) is 5.69 Å². The topological polar surface area (TPSA) is 42.0 Å². The van der Waals surface area contributed by atoms with Crippen LogP contribution in [-0.4, -0.2) is 52.2 Å². The molecule has 29 heavy (non-hydrogen) atoms. The van der Waals surface area contributed by atoms with Crippen molar-refractivity contribution in [2.45, 2.75) is 19.3 Å². The molecule has 0 fully saturated rings. The number of rotatable bonds is 6. The smallest absolute Gasteiger partial charge is 0.230 e. The second-order valence-corrected chi connectivity index (χ2v) is 7.62. The molecule has 0 N–H and O–H groups in total. The molecule has 2 atom stereocenters. The van der Waals surface area contributed by atoms with E-state index in [2.05, 4.69) is 17.0 Å². The second kappa shape index (κ2) is 9.99. The molecule has 1 aliphatic heterocycles. The number of methoxy groups -OCH3 is 2. The normalized spacial score (nSPS) is 18.7. The molecule has 1 amide bonds. The minimum absolute atomic E-state index is 0. The van der Waals surface area contributed by atoms with Crippen LogP contribution in [0.2, 0.25) is 0 Å². The quantitative estimate of drug-likeness (QED) is 0.711. The summed E-state index contributed by atoms with van der Waals surface area (Å²) in [6, 6.07) is 14.0. The van der Waals surface area contributed by atoms with Gasteiger partial charge in [-0.15, -0.1) is 12.4 Å². The Morgan fingerprint density at radius 2 is 1.76 bits per heavy atom. The second-order valence-electron chi connectivity index (χ2n) is 7.62. The van der Waals surface area contributed by atoms with E-state index in [1.807, 2.05) is 56.3 Å². The lowest BCUT2D eigenvalue weighted by Crippen LogP contribution is -2.40. The van der Waals surface area contributed by atoms with Crippen LogP contribution in [0.1, 0.15) is 24.0 Å². The lowest BCUT2D eigenvalue weighted by molar-refractivity contribution is -0.122. The van der Waals surface area contributed by atoms with E-state index in [9.17, 15) is 4.79 Å². The maximum absolute atomic E-state index is 13.5. The van der Waals surface area contributed by atoms with Gasteiger partial charge in [-0.3, -0.25) is 4.79 Å². The van der Waals surface area contributed by atoms with Crippen molar-refractivity contribution >= 4 is 24.0 Å². The number of carbonyl (C=O) groups is 1. The summed E-state index contributed by atoms with van der Waals surface area (Å²) in [5, 5.41) is 0. The van der Waals surface area contributed by atoms with Gasteiger partial charge in [0.05, 0.1) is 19.9 Å². The number of hydrogen-bond donors (Lipinski definition) is 0. The third kappa shape index (κ3) is 4.85. The highest BCUT2D eigenvalue weighted by molar-refractivity contribution is 5.97. The van der Waals surface area contributed by atoms with Crippen molar-refractivity contribution < 1.29 is 14.3 Å². The van der Waals surface area contributed by atoms with E-state index < -0.39 is 0 Å². The van der Waals surface area contributed by atoms with Gasteiger partial charge in [-0.2, -0.15) is 0 Å². The molecular weight excluding hydrogens is 388 g/mol.